The van der Waals surface area contributed by atoms with E-state index < -0.39 is 17.7 Å². The Kier molecular flexibility index (Phi) is 6.91. The largest absolute Gasteiger partial charge is 0.507 e. The van der Waals surface area contributed by atoms with Crippen LogP contribution < -0.4 is 14.4 Å². The van der Waals surface area contributed by atoms with E-state index in [0.29, 0.717) is 39.9 Å². The van der Waals surface area contributed by atoms with Crippen molar-refractivity contribution in [2.45, 2.75) is 39.2 Å². The molecule has 39 heavy (non-hydrogen) atoms. The van der Waals surface area contributed by atoms with Gasteiger partial charge in [0, 0.05) is 5.56 Å². The number of aliphatic hydroxyl groups is 1. The van der Waals surface area contributed by atoms with Crippen LogP contribution in [0.25, 0.3) is 16.0 Å². The predicted octanol–water partition coefficient (Wildman–Crippen LogP) is 6.63. The van der Waals surface area contributed by atoms with Crippen molar-refractivity contribution < 1.29 is 24.2 Å². The number of Topliss-reactive ketones (excluding diaryl/α,β-unsaturated/α-hetero) is 1. The zero-order chi connectivity index (χ0) is 27.9. The van der Waals surface area contributed by atoms with Crippen LogP contribution in [0.5, 0.6) is 11.5 Å². The van der Waals surface area contributed by atoms with Gasteiger partial charge in [0.2, 0.25) is 0 Å². The van der Waals surface area contributed by atoms with Crippen LogP contribution in [0, 0.1) is 0 Å². The number of benzene rings is 3. The lowest BCUT2D eigenvalue weighted by atomic mass is 9.85. The maximum Gasteiger partial charge on any atom is 0.301 e. The molecule has 5 rings (SSSR count). The molecule has 0 radical (unpaired) electrons. The molecule has 7 nitrogen and oxygen atoms in total. The summed E-state index contributed by atoms with van der Waals surface area (Å²) < 4.78 is 11.8. The number of fused-ring (bicyclic) bond motifs is 1. The Bertz CT molecular complexity index is 1600. The van der Waals surface area contributed by atoms with Crippen molar-refractivity contribution in [3.8, 4) is 11.5 Å². The first-order valence-corrected chi connectivity index (χ1v) is 13.5. The van der Waals surface area contributed by atoms with Crippen LogP contribution >= 0.6 is 11.3 Å². The first-order valence-electron chi connectivity index (χ1n) is 12.7. The van der Waals surface area contributed by atoms with E-state index in [4.69, 9.17) is 9.47 Å². The molecule has 1 fully saturated rings. The average Bonchev–Trinajstić information content (AvgIpc) is 3.45. The molecule has 0 aliphatic carbocycles. The Labute approximate surface area is 231 Å². The van der Waals surface area contributed by atoms with Gasteiger partial charge in [0.25, 0.3) is 5.78 Å². The van der Waals surface area contributed by atoms with E-state index in [-0.39, 0.29) is 16.7 Å². The molecule has 1 amide bonds. The third kappa shape index (κ3) is 4.88. The number of hydrogen-bond donors (Lipinski definition) is 1. The SMILES string of the molecule is CCOc1cccc(C(O)=C2C(=O)C(=O)N(c3nc4ccc(OC)cc4s3)C2c2ccc(C(C)(C)C)cc2)c1. The van der Waals surface area contributed by atoms with Crippen LogP contribution in [-0.4, -0.2) is 35.5 Å². The molecular formula is C31H30N2O5S. The van der Waals surface area contributed by atoms with Crippen molar-refractivity contribution in [3.05, 3.63) is 89.0 Å². The van der Waals surface area contributed by atoms with Crippen LogP contribution in [-0.2, 0) is 15.0 Å². The smallest absolute Gasteiger partial charge is 0.301 e. The minimum Gasteiger partial charge on any atom is -0.507 e. The molecule has 0 bridgehead atoms. The average molecular weight is 543 g/mol. The molecule has 3 aromatic carbocycles. The molecule has 4 aromatic rings. The summed E-state index contributed by atoms with van der Waals surface area (Å²) in [6.07, 6.45) is 0. The first kappa shape index (κ1) is 26.4. The lowest BCUT2D eigenvalue weighted by Crippen LogP contribution is -2.29. The van der Waals surface area contributed by atoms with Crippen molar-refractivity contribution in [3.63, 3.8) is 0 Å². The number of ketones is 1. The fourth-order valence-electron chi connectivity index (χ4n) is 4.69. The van der Waals surface area contributed by atoms with Gasteiger partial charge < -0.3 is 14.6 Å². The molecule has 1 aromatic heterocycles. The second-order valence-corrected chi connectivity index (χ2v) is 11.3. The zero-order valence-electron chi connectivity index (χ0n) is 22.5. The van der Waals surface area contributed by atoms with Gasteiger partial charge in [0.05, 0.1) is 35.5 Å². The van der Waals surface area contributed by atoms with E-state index in [1.54, 1.807) is 37.4 Å². The van der Waals surface area contributed by atoms with Gasteiger partial charge in [-0.2, -0.15) is 0 Å². The van der Waals surface area contributed by atoms with Crippen molar-refractivity contribution in [1.29, 1.82) is 0 Å². The summed E-state index contributed by atoms with van der Waals surface area (Å²) in [5, 5.41) is 11.8. The Hall–Kier alpha value is -4.17. The molecule has 0 saturated carbocycles. The van der Waals surface area contributed by atoms with Crippen molar-refractivity contribution in [2.24, 2.45) is 0 Å². The number of anilines is 1. The van der Waals surface area contributed by atoms with E-state index >= 15 is 0 Å². The molecule has 2 heterocycles. The van der Waals surface area contributed by atoms with Gasteiger partial charge in [-0.1, -0.05) is 68.5 Å². The molecule has 1 N–H and O–H groups in total. The second-order valence-electron chi connectivity index (χ2n) is 10.3. The lowest BCUT2D eigenvalue weighted by Gasteiger charge is -2.24. The second kappa shape index (κ2) is 10.2. The minimum absolute atomic E-state index is 0.00833. The third-order valence-electron chi connectivity index (χ3n) is 6.75. The van der Waals surface area contributed by atoms with E-state index in [1.807, 2.05) is 43.3 Å². The van der Waals surface area contributed by atoms with Gasteiger partial charge in [0.15, 0.2) is 5.13 Å². The first-order chi connectivity index (χ1) is 18.6. The normalized spacial score (nSPS) is 17.2. The number of thiazole rings is 1. The topological polar surface area (TPSA) is 89.0 Å². The van der Waals surface area contributed by atoms with Crippen molar-refractivity contribution in [1.82, 2.24) is 4.98 Å². The number of carbonyl (C=O) groups excluding carboxylic acids is 2. The molecule has 200 valence electrons. The molecule has 1 saturated heterocycles. The number of hydrogen-bond acceptors (Lipinski definition) is 7. The number of nitrogens with zero attached hydrogens (tertiary/aromatic N) is 2. The van der Waals surface area contributed by atoms with Gasteiger partial charge in [-0.3, -0.25) is 14.5 Å². The standard InChI is InChI=1S/C31H30N2O5S/c1-6-38-22-9-7-8-19(16-22)27(34)25-26(18-10-12-20(13-11-18)31(2,3)4)33(29(36)28(25)35)30-32-23-15-14-21(37-5)17-24(23)39-30/h7-17,26,34H,6H2,1-5H3. The summed E-state index contributed by atoms with van der Waals surface area (Å²) in [6, 6.07) is 19.3. The number of aliphatic hydroxyl groups excluding tert-OH is 1. The number of carbonyl (C=O) groups is 2. The lowest BCUT2D eigenvalue weighted by molar-refractivity contribution is -0.132. The highest BCUT2D eigenvalue weighted by atomic mass is 32.1. The summed E-state index contributed by atoms with van der Waals surface area (Å²) in [7, 11) is 1.59. The van der Waals surface area contributed by atoms with Crippen LogP contribution in [0.3, 0.4) is 0 Å². The van der Waals surface area contributed by atoms with Gasteiger partial charge in [-0.15, -0.1) is 0 Å². The van der Waals surface area contributed by atoms with Gasteiger partial charge in [-0.25, -0.2) is 4.98 Å². The van der Waals surface area contributed by atoms with Crippen molar-refractivity contribution in [2.75, 3.05) is 18.6 Å². The highest BCUT2D eigenvalue weighted by Crippen LogP contribution is 2.45. The number of rotatable bonds is 6. The molecule has 1 unspecified atom stereocenters. The van der Waals surface area contributed by atoms with Crippen molar-refractivity contribution >= 4 is 44.1 Å². The molecule has 1 aliphatic rings. The molecular weight excluding hydrogens is 512 g/mol. The molecule has 0 spiro atoms. The number of ether oxygens (including phenoxy) is 2. The number of methoxy groups -OCH3 is 1. The van der Waals surface area contributed by atoms with Gasteiger partial charge >= 0.3 is 5.91 Å². The quantitative estimate of drug-likeness (QED) is 0.167. The predicted molar refractivity (Wildman–Crippen MR) is 154 cm³/mol. The summed E-state index contributed by atoms with van der Waals surface area (Å²) in [5.41, 5.74) is 2.81. The Morgan fingerprint density at radius 2 is 1.77 bits per heavy atom. The fraction of sp³-hybridized carbons (Fsp3) is 0.258. The number of aromatic nitrogens is 1. The van der Waals surface area contributed by atoms with E-state index in [1.165, 1.54) is 16.2 Å². The fourth-order valence-corrected chi connectivity index (χ4v) is 5.71. The summed E-state index contributed by atoms with van der Waals surface area (Å²) in [5.74, 6) is -0.542. The van der Waals surface area contributed by atoms with Gasteiger partial charge in [0.1, 0.15) is 17.3 Å². The van der Waals surface area contributed by atoms with Crippen LogP contribution in [0.2, 0.25) is 0 Å². The Morgan fingerprint density at radius 3 is 2.44 bits per heavy atom. The maximum absolute atomic E-state index is 13.6. The van der Waals surface area contributed by atoms with E-state index in [9.17, 15) is 14.7 Å². The van der Waals surface area contributed by atoms with Gasteiger partial charge in [-0.05, 0) is 53.8 Å². The maximum atomic E-state index is 13.6. The van der Waals surface area contributed by atoms with Crippen LogP contribution in [0.1, 0.15) is 50.4 Å². The molecule has 8 heteroatoms. The highest BCUT2D eigenvalue weighted by molar-refractivity contribution is 7.22. The molecule has 1 atom stereocenters. The van der Waals surface area contributed by atoms with E-state index in [0.717, 1.165) is 10.3 Å². The van der Waals surface area contributed by atoms with Crippen LogP contribution in [0.4, 0.5) is 5.13 Å². The Balaban J connectivity index is 1.70. The number of amides is 1. The third-order valence-corrected chi connectivity index (χ3v) is 7.76. The minimum atomic E-state index is -0.864. The Morgan fingerprint density at radius 1 is 1.03 bits per heavy atom. The summed E-state index contributed by atoms with van der Waals surface area (Å²) >= 11 is 1.29. The highest BCUT2D eigenvalue weighted by Gasteiger charge is 2.48. The monoisotopic (exact) mass is 542 g/mol. The summed E-state index contributed by atoms with van der Waals surface area (Å²) in [4.78, 5) is 33.2. The van der Waals surface area contributed by atoms with Crippen LogP contribution in [0.15, 0.2) is 72.3 Å². The summed E-state index contributed by atoms with van der Waals surface area (Å²) in [6.45, 7) is 8.68. The van der Waals surface area contributed by atoms with E-state index in [2.05, 4.69) is 25.8 Å². The molecule has 1 aliphatic heterocycles. The zero-order valence-corrected chi connectivity index (χ0v) is 23.3.